The van der Waals surface area contributed by atoms with Gasteiger partial charge in [0.25, 0.3) is 0 Å². The van der Waals surface area contributed by atoms with E-state index in [0.29, 0.717) is 27.1 Å². The summed E-state index contributed by atoms with van der Waals surface area (Å²) in [5, 5.41) is 0.914. The molecule has 1 heterocycles. The standard InChI is InChI=1S/C16H17Cl2NO/c1-10(2)6-13-7-11(9-19(13)3)16(20)14-5-4-12(17)8-15(14)18/h4-5,7-10H,6H2,1-3H3. The van der Waals surface area contributed by atoms with Crippen molar-refractivity contribution in [3.8, 4) is 0 Å². The van der Waals surface area contributed by atoms with E-state index < -0.39 is 0 Å². The summed E-state index contributed by atoms with van der Waals surface area (Å²) in [5.41, 5.74) is 2.29. The van der Waals surface area contributed by atoms with Crippen molar-refractivity contribution in [3.05, 3.63) is 57.3 Å². The summed E-state index contributed by atoms with van der Waals surface area (Å²) in [7, 11) is 1.96. The zero-order chi connectivity index (χ0) is 14.9. The van der Waals surface area contributed by atoms with Crippen molar-refractivity contribution in [2.45, 2.75) is 20.3 Å². The van der Waals surface area contributed by atoms with Crippen LogP contribution >= 0.6 is 23.2 Å². The highest BCUT2D eigenvalue weighted by Gasteiger charge is 2.16. The van der Waals surface area contributed by atoms with Gasteiger partial charge in [-0.05, 0) is 36.6 Å². The van der Waals surface area contributed by atoms with Gasteiger partial charge in [0, 0.05) is 35.1 Å². The van der Waals surface area contributed by atoms with E-state index in [1.54, 1.807) is 18.2 Å². The van der Waals surface area contributed by atoms with Crippen molar-refractivity contribution in [1.29, 1.82) is 0 Å². The molecule has 0 unspecified atom stereocenters. The number of hydrogen-bond donors (Lipinski definition) is 0. The van der Waals surface area contributed by atoms with Crippen LogP contribution < -0.4 is 0 Å². The molecule has 0 aliphatic heterocycles. The highest BCUT2D eigenvalue weighted by Crippen LogP contribution is 2.24. The summed E-state index contributed by atoms with van der Waals surface area (Å²) in [6, 6.07) is 6.88. The highest BCUT2D eigenvalue weighted by molar-refractivity contribution is 6.37. The molecule has 0 saturated heterocycles. The molecular weight excluding hydrogens is 293 g/mol. The molecule has 0 fully saturated rings. The van der Waals surface area contributed by atoms with Crippen molar-refractivity contribution >= 4 is 29.0 Å². The van der Waals surface area contributed by atoms with E-state index in [1.807, 2.05) is 23.9 Å². The summed E-state index contributed by atoms with van der Waals surface area (Å²) in [4.78, 5) is 12.5. The minimum atomic E-state index is -0.0720. The summed E-state index contributed by atoms with van der Waals surface area (Å²) in [6.45, 7) is 4.31. The topological polar surface area (TPSA) is 22.0 Å². The van der Waals surface area contributed by atoms with Gasteiger partial charge in [0.2, 0.25) is 0 Å². The van der Waals surface area contributed by atoms with Gasteiger partial charge in [-0.3, -0.25) is 4.79 Å². The molecular formula is C16H17Cl2NO. The lowest BCUT2D eigenvalue weighted by atomic mass is 10.0. The Morgan fingerprint density at radius 3 is 2.55 bits per heavy atom. The number of ketones is 1. The molecule has 2 rings (SSSR count). The second-order valence-electron chi connectivity index (χ2n) is 5.38. The first-order valence-electron chi connectivity index (χ1n) is 6.53. The van der Waals surface area contributed by atoms with E-state index in [2.05, 4.69) is 13.8 Å². The van der Waals surface area contributed by atoms with Gasteiger partial charge in [-0.2, -0.15) is 0 Å². The number of halogens is 2. The minimum absolute atomic E-state index is 0.0720. The Morgan fingerprint density at radius 2 is 1.95 bits per heavy atom. The zero-order valence-electron chi connectivity index (χ0n) is 11.8. The predicted octanol–water partition coefficient (Wildman–Crippen LogP) is 4.76. The van der Waals surface area contributed by atoms with Gasteiger partial charge in [0.15, 0.2) is 5.78 Å². The lowest BCUT2D eigenvalue weighted by molar-refractivity contribution is 0.103. The number of carbonyl (C=O) groups is 1. The second kappa shape index (κ2) is 6.02. The van der Waals surface area contributed by atoms with Gasteiger partial charge in [-0.25, -0.2) is 0 Å². The maximum absolute atomic E-state index is 12.5. The summed E-state index contributed by atoms with van der Waals surface area (Å²) in [6.07, 6.45) is 2.79. The fourth-order valence-electron chi connectivity index (χ4n) is 2.18. The van der Waals surface area contributed by atoms with Crippen LogP contribution in [0.25, 0.3) is 0 Å². The summed E-state index contributed by atoms with van der Waals surface area (Å²) >= 11 is 11.9. The van der Waals surface area contributed by atoms with E-state index in [0.717, 1.165) is 12.1 Å². The quantitative estimate of drug-likeness (QED) is 0.746. The van der Waals surface area contributed by atoms with E-state index in [4.69, 9.17) is 23.2 Å². The Bertz CT molecular complexity index is 644. The van der Waals surface area contributed by atoms with Crippen molar-refractivity contribution < 1.29 is 4.79 Å². The fourth-order valence-corrected chi connectivity index (χ4v) is 2.68. The average Bonchev–Trinajstić information content (AvgIpc) is 2.69. The Balaban J connectivity index is 2.34. The van der Waals surface area contributed by atoms with Crippen molar-refractivity contribution in [3.63, 3.8) is 0 Å². The van der Waals surface area contributed by atoms with E-state index in [-0.39, 0.29) is 5.78 Å². The lowest BCUT2D eigenvalue weighted by Gasteiger charge is -2.04. The molecule has 2 nitrogen and oxygen atoms in total. The van der Waals surface area contributed by atoms with Gasteiger partial charge in [0.1, 0.15) is 0 Å². The van der Waals surface area contributed by atoms with Gasteiger partial charge in [-0.15, -0.1) is 0 Å². The number of aryl methyl sites for hydroxylation is 1. The molecule has 1 aromatic carbocycles. The number of rotatable bonds is 4. The Labute approximate surface area is 129 Å². The molecule has 0 radical (unpaired) electrons. The van der Waals surface area contributed by atoms with E-state index in [1.165, 1.54) is 0 Å². The number of nitrogens with zero attached hydrogens (tertiary/aromatic N) is 1. The molecule has 4 heteroatoms. The molecule has 0 bridgehead atoms. The summed E-state index contributed by atoms with van der Waals surface area (Å²) < 4.78 is 2.00. The van der Waals surface area contributed by atoms with Crippen molar-refractivity contribution in [2.24, 2.45) is 13.0 Å². The normalized spacial score (nSPS) is 11.1. The smallest absolute Gasteiger partial charge is 0.196 e. The van der Waals surface area contributed by atoms with Crippen LogP contribution in [0.1, 0.15) is 35.5 Å². The number of benzene rings is 1. The second-order valence-corrected chi connectivity index (χ2v) is 6.23. The SMILES string of the molecule is CC(C)Cc1cc(C(=O)c2ccc(Cl)cc2Cl)cn1C. The molecule has 0 aliphatic carbocycles. The molecule has 20 heavy (non-hydrogen) atoms. The largest absolute Gasteiger partial charge is 0.354 e. The maximum Gasteiger partial charge on any atom is 0.196 e. The molecule has 0 saturated carbocycles. The van der Waals surface area contributed by atoms with Crippen LogP contribution in [0.4, 0.5) is 0 Å². The predicted molar refractivity (Wildman–Crippen MR) is 83.8 cm³/mol. The molecule has 0 atom stereocenters. The van der Waals surface area contributed by atoms with Crippen molar-refractivity contribution in [1.82, 2.24) is 4.57 Å². The Kier molecular flexibility index (Phi) is 4.56. The molecule has 0 N–H and O–H groups in total. The average molecular weight is 310 g/mol. The first kappa shape index (κ1) is 15.1. The van der Waals surface area contributed by atoms with Gasteiger partial charge < -0.3 is 4.57 Å². The highest BCUT2D eigenvalue weighted by atomic mass is 35.5. The fraction of sp³-hybridized carbons (Fsp3) is 0.312. The Morgan fingerprint density at radius 1 is 1.25 bits per heavy atom. The Hall–Kier alpha value is -1.25. The molecule has 2 aromatic rings. The third-order valence-corrected chi connectivity index (χ3v) is 3.71. The van der Waals surface area contributed by atoms with Crippen LogP contribution in [0, 0.1) is 5.92 Å². The first-order valence-corrected chi connectivity index (χ1v) is 7.29. The van der Waals surface area contributed by atoms with Crippen LogP contribution in [-0.2, 0) is 13.5 Å². The zero-order valence-corrected chi connectivity index (χ0v) is 13.3. The van der Waals surface area contributed by atoms with E-state index >= 15 is 0 Å². The third-order valence-electron chi connectivity index (χ3n) is 3.16. The number of carbonyl (C=O) groups excluding carboxylic acids is 1. The number of hydrogen-bond acceptors (Lipinski definition) is 1. The molecule has 1 aromatic heterocycles. The molecule has 0 amide bonds. The van der Waals surface area contributed by atoms with Gasteiger partial charge in [-0.1, -0.05) is 37.0 Å². The van der Waals surface area contributed by atoms with E-state index in [9.17, 15) is 4.79 Å². The van der Waals surface area contributed by atoms with Crippen LogP contribution in [0.2, 0.25) is 10.0 Å². The monoisotopic (exact) mass is 309 g/mol. The molecule has 0 aliphatic rings. The summed E-state index contributed by atoms with van der Waals surface area (Å²) in [5.74, 6) is 0.475. The number of aromatic nitrogens is 1. The third kappa shape index (κ3) is 3.25. The van der Waals surface area contributed by atoms with Gasteiger partial charge >= 0.3 is 0 Å². The maximum atomic E-state index is 12.5. The van der Waals surface area contributed by atoms with Crippen molar-refractivity contribution in [2.75, 3.05) is 0 Å². The lowest BCUT2D eigenvalue weighted by Crippen LogP contribution is -2.00. The molecule has 106 valence electrons. The minimum Gasteiger partial charge on any atom is -0.354 e. The van der Waals surface area contributed by atoms with Crippen LogP contribution in [0.5, 0.6) is 0 Å². The van der Waals surface area contributed by atoms with Crippen LogP contribution in [-0.4, -0.2) is 10.4 Å². The van der Waals surface area contributed by atoms with Crippen LogP contribution in [0.3, 0.4) is 0 Å². The van der Waals surface area contributed by atoms with Gasteiger partial charge in [0.05, 0.1) is 5.02 Å². The molecule has 0 spiro atoms. The van der Waals surface area contributed by atoms with Crippen LogP contribution in [0.15, 0.2) is 30.5 Å². The first-order chi connectivity index (χ1) is 9.38.